The van der Waals surface area contributed by atoms with Gasteiger partial charge < -0.3 is 29.9 Å². The summed E-state index contributed by atoms with van der Waals surface area (Å²) in [6.45, 7) is 5.69. The molecule has 1 aliphatic heterocycles. The van der Waals surface area contributed by atoms with E-state index in [1.54, 1.807) is 43.5 Å². The van der Waals surface area contributed by atoms with Crippen LogP contribution in [0.15, 0.2) is 60.0 Å². The Morgan fingerprint density at radius 3 is 1.81 bits per heavy atom. The van der Waals surface area contributed by atoms with Gasteiger partial charge in [-0.3, -0.25) is 9.59 Å². The van der Waals surface area contributed by atoms with Crippen LogP contribution in [0.1, 0.15) is 60.9 Å². The maximum atomic E-state index is 12.3. The number of ether oxygens (including phenoxy) is 2. The predicted molar refractivity (Wildman–Crippen MR) is 133 cm³/mol. The van der Waals surface area contributed by atoms with E-state index >= 15 is 0 Å². The van der Waals surface area contributed by atoms with Gasteiger partial charge in [-0.05, 0) is 35.2 Å². The van der Waals surface area contributed by atoms with Gasteiger partial charge in [0.15, 0.2) is 23.4 Å². The van der Waals surface area contributed by atoms with E-state index in [9.17, 15) is 14.4 Å². The first kappa shape index (κ1) is 30.3. The van der Waals surface area contributed by atoms with Crippen LogP contribution in [-0.4, -0.2) is 63.9 Å². The number of esters is 1. The lowest BCUT2D eigenvalue weighted by Gasteiger charge is -2.18. The molecule has 0 fully saturated rings. The molecule has 36 heavy (non-hydrogen) atoms. The van der Waals surface area contributed by atoms with E-state index in [0.717, 1.165) is 5.56 Å². The molecule has 0 bridgehead atoms. The summed E-state index contributed by atoms with van der Waals surface area (Å²) >= 11 is 0. The Labute approximate surface area is 210 Å². The van der Waals surface area contributed by atoms with E-state index in [-0.39, 0.29) is 30.8 Å². The predicted octanol–water partition coefficient (Wildman–Crippen LogP) is 3.68. The first-order chi connectivity index (χ1) is 16.4. The number of Topliss-reactive ketones (excluding diaryl/α,β-unsaturated/α-hetero) is 2. The molecule has 0 aliphatic carbocycles. The van der Waals surface area contributed by atoms with E-state index in [1.807, 2.05) is 12.1 Å². The summed E-state index contributed by atoms with van der Waals surface area (Å²) in [5, 5.41) is 35.0. The van der Waals surface area contributed by atoms with Crippen molar-refractivity contribution in [3.63, 3.8) is 0 Å². The number of aliphatic hydroxyl groups excluding tert-OH is 4. The van der Waals surface area contributed by atoms with E-state index in [4.69, 9.17) is 25.2 Å². The molecule has 2 aromatic carbocycles. The van der Waals surface area contributed by atoms with Gasteiger partial charge in [0.25, 0.3) is 0 Å². The summed E-state index contributed by atoms with van der Waals surface area (Å²) in [5.74, 6) is -2.44. The van der Waals surface area contributed by atoms with Gasteiger partial charge >= 0.3 is 5.97 Å². The molecule has 0 saturated carbocycles. The highest BCUT2D eigenvalue weighted by Crippen LogP contribution is 2.23. The number of aliphatic hydroxyl groups is 4. The van der Waals surface area contributed by atoms with Gasteiger partial charge in [0, 0.05) is 11.1 Å². The molecule has 2 aromatic rings. The van der Waals surface area contributed by atoms with E-state index in [0.29, 0.717) is 16.9 Å². The second-order valence-electron chi connectivity index (χ2n) is 8.89. The van der Waals surface area contributed by atoms with Crippen LogP contribution in [0.3, 0.4) is 0 Å². The molecule has 3 rings (SSSR count). The zero-order chi connectivity index (χ0) is 26.3. The van der Waals surface area contributed by atoms with Crippen LogP contribution in [-0.2, 0) is 14.9 Å². The highest BCUT2D eigenvalue weighted by molar-refractivity contribution is 6.13. The summed E-state index contributed by atoms with van der Waals surface area (Å²) in [7, 11) is 1.57. The molecule has 0 unspecified atom stereocenters. The first-order valence-electron chi connectivity index (χ1n) is 10.8. The summed E-state index contributed by atoms with van der Waals surface area (Å²) < 4.78 is 9.38. The fraction of sp³-hybridized carbons (Fsp3) is 0.370. The largest absolute Gasteiger partial charge is 0.505 e. The quantitative estimate of drug-likeness (QED) is 0.252. The summed E-state index contributed by atoms with van der Waals surface area (Å²) in [6, 6.07) is 14.3. The molecule has 1 heterocycles. The minimum Gasteiger partial charge on any atom is -0.505 e. The van der Waals surface area contributed by atoms with Gasteiger partial charge in [-0.25, -0.2) is 4.79 Å². The molecular formula is C27H34O9. The van der Waals surface area contributed by atoms with Crippen LogP contribution in [0.5, 0.6) is 5.75 Å². The number of carbonyl (C=O) groups is 3. The van der Waals surface area contributed by atoms with Crippen molar-refractivity contribution in [2.45, 2.75) is 52.2 Å². The molecule has 0 aromatic heterocycles. The molecule has 2 atom stereocenters. The summed E-state index contributed by atoms with van der Waals surface area (Å²) in [6.07, 6.45) is -2.90. The van der Waals surface area contributed by atoms with Crippen molar-refractivity contribution in [2.75, 3.05) is 13.7 Å². The topological polar surface area (TPSA) is 151 Å². The van der Waals surface area contributed by atoms with Crippen molar-refractivity contribution < 1.29 is 44.3 Å². The number of methoxy groups -OCH3 is 1. The fourth-order valence-electron chi connectivity index (χ4n) is 3.11. The Balaban J connectivity index is 0.000000422. The lowest BCUT2D eigenvalue weighted by atomic mass is 9.86. The smallest absolute Gasteiger partial charge is 0.377 e. The molecule has 0 radical (unpaired) electrons. The van der Waals surface area contributed by atoms with Crippen LogP contribution >= 0.6 is 0 Å². The van der Waals surface area contributed by atoms with Crippen LogP contribution in [0.2, 0.25) is 0 Å². The standard InChI is InChI=1S/C20H22O3.C6H8O6.CH4/c1-20(2,3)16-9-5-14(6-10-16)18(21)13-19(22)15-7-11-17(23-4)12-8-15;7-1-2(8)5-3(9)4(10)6(11)12-5;/h5-12H,13H2,1-4H3;2,5,7-10H,1H2;1H4/t;2-,5+;/m.0./s1. The van der Waals surface area contributed by atoms with Crippen LogP contribution < -0.4 is 4.74 Å². The molecule has 0 saturated heterocycles. The normalized spacial score (nSPS) is 15.7. The lowest BCUT2D eigenvalue weighted by Crippen LogP contribution is -2.31. The number of carbonyl (C=O) groups excluding carboxylic acids is 3. The van der Waals surface area contributed by atoms with Gasteiger partial charge in [0.2, 0.25) is 5.76 Å². The average Bonchev–Trinajstić information content (AvgIpc) is 3.10. The zero-order valence-corrected chi connectivity index (χ0v) is 20.0. The van der Waals surface area contributed by atoms with Gasteiger partial charge in [0.1, 0.15) is 11.9 Å². The Morgan fingerprint density at radius 2 is 1.44 bits per heavy atom. The third-order valence-corrected chi connectivity index (χ3v) is 5.28. The Morgan fingerprint density at radius 1 is 0.972 bits per heavy atom. The second-order valence-corrected chi connectivity index (χ2v) is 8.89. The molecule has 0 amide bonds. The third-order valence-electron chi connectivity index (χ3n) is 5.28. The van der Waals surface area contributed by atoms with Crippen LogP contribution in [0.4, 0.5) is 0 Å². The average molecular weight is 503 g/mol. The van der Waals surface area contributed by atoms with Crippen LogP contribution in [0, 0.1) is 0 Å². The monoisotopic (exact) mass is 502 g/mol. The zero-order valence-electron chi connectivity index (χ0n) is 20.0. The van der Waals surface area contributed by atoms with Gasteiger partial charge in [-0.1, -0.05) is 52.5 Å². The fourth-order valence-corrected chi connectivity index (χ4v) is 3.11. The van der Waals surface area contributed by atoms with E-state index in [2.05, 4.69) is 25.5 Å². The second kappa shape index (κ2) is 12.9. The molecular weight excluding hydrogens is 468 g/mol. The van der Waals surface area contributed by atoms with Crippen molar-refractivity contribution in [3.05, 3.63) is 76.7 Å². The third kappa shape index (κ3) is 7.66. The minimum atomic E-state index is -1.42. The van der Waals surface area contributed by atoms with Crippen molar-refractivity contribution in [2.24, 2.45) is 0 Å². The van der Waals surface area contributed by atoms with Crippen molar-refractivity contribution >= 4 is 17.5 Å². The van der Waals surface area contributed by atoms with Gasteiger partial charge in [0.05, 0.1) is 20.1 Å². The first-order valence-corrected chi connectivity index (χ1v) is 10.8. The number of ketones is 2. The molecule has 9 nitrogen and oxygen atoms in total. The van der Waals surface area contributed by atoms with Gasteiger partial charge in [-0.2, -0.15) is 0 Å². The SMILES string of the molecule is C.COc1ccc(C(=O)CC(=O)c2ccc(C(C)(C)C)cc2)cc1.O=C1O[C@H]([C@@H](O)CO)C(O)=C1O. The lowest BCUT2D eigenvalue weighted by molar-refractivity contribution is -0.147. The number of rotatable bonds is 7. The molecule has 9 heteroatoms. The summed E-state index contributed by atoms with van der Waals surface area (Å²) in [4.78, 5) is 35.0. The highest BCUT2D eigenvalue weighted by atomic mass is 16.6. The minimum absolute atomic E-state index is 0. The van der Waals surface area contributed by atoms with E-state index < -0.39 is 36.3 Å². The maximum Gasteiger partial charge on any atom is 0.377 e. The summed E-state index contributed by atoms with van der Waals surface area (Å²) in [5.41, 5.74) is 2.29. The number of cyclic esters (lactones) is 1. The van der Waals surface area contributed by atoms with Crippen LogP contribution in [0.25, 0.3) is 0 Å². The highest BCUT2D eigenvalue weighted by Gasteiger charge is 2.38. The Kier molecular flexibility index (Phi) is 10.8. The van der Waals surface area contributed by atoms with Crippen molar-refractivity contribution in [3.8, 4) is 5.75 Å². The Hall–Kier alpha value is -3.69. The van der Waals surface area contributed by atoms with Gasteiger partial charge in [-0.15, -0.1) is 0 Å². The Bertz CT molecular complexity index is 1080. The van der Waals surface area contributed by atoms with E-state index in [1.165, 1.54) is 0 Å². The van der Waals surface area contributed by atoms with Crippen molar-refractivity contribution in [1.82, 2.24) is 0 Å². The molecule has 196 valence electrons. The number of benzene rings is 2. The number of hydrogen-bond donors (Lipinski definition) is 4. The molecule has 1 aliphatic rings. The van der Waals surface area contributed by atoms with Crippen molar-refractivity contribution in [1.29, 1.82) is 0 Å². The molecule has 4 N–H and O–H groups in total. The number of hydrogen-bond acceptors (Lipinski definition) is 9. The molecule has 0 spiro atoms. The maximum absolute atomic E-state index is 12.3.